The van der Waals surface area contributed by atoms with Crippen LogP contribution in [0.1, 0.15) is 12.8 Å². The normalized spacial score (nSPS) is 39.3. The second kappa shape index (κ2) is 3.78. The summed E-state index contributed by atoms with van der Waals surface area (Å²) in [4.78, 5) is 0. The van der Waals surface area contributed by atoms with Gasteiger partial charge in [0.2, 0.25) is 0 Å². The molecule has 3 heteroatoms. The van der Waals surface area contributed by atoms with E-state index in [1.807, 2.05) is 0 Å². The number of hydrogen-bond donors (Lipinski definition) is 1. The van der Waals surface area contributed by atoms with Crippen LogP contribution in [-0.2, 0) is 4.74 Å². The molecule has 2 aliphatic rings. The van der Waals surface area contributed by atoms with Crippen molar-refractivity contribution in [3.05, 3.63) is 0 Å². The molecule has 0 aromatic carbocycles. The van der Waals surface area contributed by atoms with E-state index in [1.54, 1.807) is 0 Å². The summed E-state index contributed by atoms with van der Waals surface area (Å²) in [5.41, 5.74) is 0. The van der Waals surface area contributed by atoms with Gasteiger partial charge < -0.3 is 10.1 Å². The molecule has 0 bridgehead atoms. The molecule has 2 atom stereocenters. The first kappa shape index (κ1) is 7.90. The van der Waals surface area contributed by atoms with Crippen LogP contribution in [0.25, 0.3) is 0 Å². The Morgan fingerprint density at radius 2 is 2.45 bits per heavy atom. The van der Waals surface area contributed by atoms with Gasteiger partial charge in [0.05, 0.1) is 13.2 Å². The van der Waals surface area contributed by atoms with Crippen LogP contribution < -0.4 is 5.32 Å². The van der Waals surface area contributed by atoms with Crippen molar-refractivity contribution < 1.29 is 4.74 Å². The number of nitrogens with one attached hydrogen (secondary N) is 1. The predicted molar refractivity (Wildman–Crippen MR) is 48.1 cm³/mol. The van der Waals surface area contributed by atoms with E-state index in [0.29, 0.717) is 6.04 Å². The Morgan fingerprint density at radius 3 is 3.09 bits per heavy atom. The molecule has 64 valence electrons. The SMILES string of the molecule is C1CSC(C2COCCN2)C1. The minimum Gasteiger partial charge on any atom is -0.378 e. The third kappa shape index (κ3) is 1.89. The van der Waals surface area contributed by atoms with Crippen LogP contribution in [0.3, 0.4) is 0 Å². The zero-order valence-electron chi connectivity index (χ0n) is 6.71. The van der Waals surface area contributed by atoms with Gasteiger partial charge in [-0.2, -0.15) is 11.8 Å². The monoisotopic (exact) mass is 173 g/mol. The van der Waals surface area contributed by atoms with E-state index in [1.165, 1.54) is 18.6 Å². The van der Waals surface area contributed by atoms with Crippen molar-refractivity contribution in [2.24, 2.45) is 0 Å². The van der Waals surface area contributed by atoms with Gasteiger partial charge in [-0.05, 0) is 18.6 Å². The van der Waals surface area contributed by atoms with Crippen molar-refractivity contribution in [1.29, 1.82) is 0 Å². The molecule has 11 heavy (non-hydrogen) atoms. The molecule has 2 saturated heterocycles. The van der Waals surface area contributed by atoms with E-state index in [2.05, 4.69) is 17.1 Å². The first-order chi connectivity index (χ1) is 5.47. The summed E-state index contributed by atoms with van der Waals surface area (Å²) in [6, 6.07) is 0.635. The fourth-order valence-electron chi connectivity index (χ4n) is 1.74. The average Bonchev–Trinajstić information content (AvgIpc) is 2.58. The molecule has 2 rings (SSSR count). The Hall–Kier alpha value is 0.270. The minimum absolute atomic E-state index is 0.635. The highest BCUT2D eigenvalue weighted by molar-refractivity contribution is 8.00. The lowest BCUT2D eigenvalue weighted by Gasteiger charge is -2.28. The first-order valence-corrected chi connectivity index (χ1v) is 5.44. The van der Waals surface area contributed by atoms with E-state index in [0.717, 1.165) is 25.0 Å². The topological polar surface area (TPSA) is 21.3 Å². The molecule has 2 heterocycles. The van der Waals surface area contributed by atoms with Gasteiger partial charge in [-0.15, -0.1) is 0 Å². The van der Waals surface area contributed by atoms with E-state index in [4.69, 9.17) is 4.74 Å². The predicted octanol–water partition coefficient (Wildman–Crippen LogP) is 0.870. The van der Waals surface area contributed by atoms with Gasteiger partial charge >= 0.3 is 0 Å². The van der Waals surface area contributed by atoms with Gasteiger partial charge in [0.15, 0.2) is 0 Å². The maximum Gasteiger partial charge on any atom is 0.0631 e. The van der Waals surface area contributed by atoms with Crippen molar-refractivity contribution in [1.82, 2.24) is 5.32 Å². The average molecular weight is 173 g/mol. The lowest BCUT2D eigenvalue weighted by molar-refractivity contribution is 0.0760. The molecule has 2 unspecified atom stereocenters. The summed E-state index contributed by atoms with van der Waals surface area (Å²) in [6.45, 7) is 2.87. The van der Waals surface area contributed by atoms with E-state index < -0.39 is 0 Å². The molecular formula is C8H15NOS. The Labute approximate surface area is 72.1 Å². The fraction of sp³-hybridized carbons (Fsp3) is 1.00. The van der Waals surface area contributed by atoms with Gasteiger partial charge in [0.25, 0.3) is 0 Å². The van der Waals surface area contributed by atoms with E-state index in [9.17, 15) is 0 Å². The second-order valence-corrected chi connectivity index (χ2v) is 4.53. The summed E-state index contributed by atoms with van der Waals surface area (Å²) in [7, 11) is 0. The highest BCUT2D eigenvalue weighted by Gasteiger charge is 2.26. The van der Waals surface area contributed by atoms with Crippen molar-refractivity contribution in [3.63, 3.8) is 0 Å². The van der Waals surface area contributed by atoms with Crippen molar-refractivity contribution in [3.8, 4) is 0 Å². The molecule has 0 aromatic rings. The molecule has 2 nitrogen and oxygen atoms in total. The maximum atomic E-state index is 5.42. The molecule has 0 spiro atoms. The highest BCUT2D eigenvalue weighted by atomic mass is 32.2. The Kier molecular flexibility index (Phi) is 2.72. The molecule has 1 N–H and O–H groups in total. The molecule has 0 aromatic heterocycles. The summed E-state index contributed by atoms with van der Waals surface area (Å²) in [5.74, 6) is 1.35. The second-order valence-electron chi connectivity index (χ2n) is 3.19. The smallest absolute Gasteiger partial charge is 0.0631 e. The summed E-state index contributed by atoms with van der Waals surface area (Å²) < 4.78 is 5.42. The number of hydrogen-bond acceptors (Lipinski definition) is 3. The van der Waals surface area contributed by atoms with Crippen LogP contribution in [0.5, 0.6) is 0 Å². The molecule has 2 aliphatic heterocycles. The lowest BCUT2D eigenvalue weighted by Crippen LogP contribution is -2.46. The fourth-order valence-corrected chi connectivity index (χ4v) is 3.12. The molecular weight excluding hydrogens is 158 g/mol. The van der Waals surface area contributed by atoms with Gasteiger partial charge in [0, 0.05) is 17.8 Å². The molecule has 0 aliphatic carbocycles. The van der Waals surface area contributed by atoms with Crippen LogP contribution in [0.2, 0.25) is 0 Å². The van der Waals surface area contributed by atoms with Crippen LogP contribution in [0.4, 0.5) is 0 Å². The summed E-state index contributed by atoms with van der Waals surface area (Å²) in [6.07, 6.45) is 2.78. The number of ether oxygens (including phenoxy) is 1. The van der Waals surface area contributed by atoms with Crippen LogP contribution in [-0.4, -0.2) is 36.8 Å². The standard InChI is InChI=1S/C8H15NOS/c1-2-8(11-5-1)7-6-10-4-3-9-7/h7-9H,1-6H2. The lowest BCUT2D eigenvalue weighted by atomic mass is 10.1. The molecule has 0 saturated carbocycles. The largest absolute Gasteiger partial charge is 0.378 e. The van der Waals surface area contributed by atoms with E-state index >= 15 is 0 Å². The van der Waals surface area contributed by atoms with Crippen molar-refractivity contribution in [2.75, 3.05) is 25.5 Å². The third-order valence-corrected chi connectivity index (χ3v) is 3.88. The van der Waals surface area contributed by atoms with Gasteiger partial charge in [-0.3, -0.25) is 0 Å². The molecule has 0 radical (unpaired) electrons. The van der Waals surface area contributed by atoms with E-state index in [-0.39, 0.29) is 0 Å². The van der Waals surface area contributed by atoms with Gasteiger partial charge in [0.1, 0.15) is 0 Å². The number of morpholine rings is 1. The van der Waals surface area contributed by atoms with Crippen molar-refractivity contribution in [2.45, 2.75) is 24.1 Å². The van der Waals surface area contributed by atoms with Crippen molar-refractivity contribution >= 4 is 11.8 Å². The summed E-state index contributed by atoms with van der Waals surface area (Å²) >= 11 is 2.11. The highest BCUT2D eigenvalue weighted by Crippen LogP contribution is 2.29. The van der Waals surface area contributed by atoms with Crippen LogP contribution in [0.15, 0.2) is 0 Å². The quantitative estimate of drug-likeness (QED) is 0.636. The Morgan fingerprint density at radius 1 is 1.45 bits per heavy atom. The first-order valence-electron chi connectivity index (χ1n) is 4.39. The van der Waals surface area contributed by atoms with Crippen LogP contribution >= 0.6 is 11.8 Å². The minimum atomic E-state index is 0.635. The molecule has 0 amide bonds. The number of rotatable bonds is 1. The summed E-state index contributed by atoms with van der Waals surface area (Å²) in [5, 5.41) is 4.34. The van der Waals surface area contributed by atoms with Crippen LogP contribution in [0, 0.1) is 0 Å². The van der Waals surface area contributed by atoms with Gasteiger partial charge in [-0.1, -0.05) is 0 Å². The number of thioether (sulfide) groups is 1. The molecule has 2 fully saturated rings. The maximum absolute atomic E-state index is 5.42. The zero-order valence-corrected chi connectivity index (χ0v) is 7.53. The Bertz CT molecular complexity index is 119. The zero-order chi connectivity index (χ0) is 7.52. The third-order valence-electron chi connectivity index (χ3n) is 2.36. The van der Waals surface area contributed by atoms with Gasteiger partial charge in [-0.25, -0.2) is 0 Å². The Balaban J connectivity index is 1.82.